The Morgan fingerprint density at radius 2 is 2.46 bits per heavy atom. The van der Waals surface area contributed by atoms with Gasteiger partial charge in [0.1, 0.15) is 0 Å². The van der Waals surface area contributed by atoms with Gasteiger partial charge in [-0.05, 0) is 24.1 Å². The van der Waals surface area contributed by atoms with E-state index in [1.165, 1.54) is 5.69 Å². The second kappa shape index (κ2) is 3.88. The van der Waals surface area contributed by atoms with Gasteiger partial charge in [-0.15, -0.1) is 0 Å². The van der Waals surface area contributed by atoms with Gasteiger partial charge in [0.05, 0.1) is 11.4 Å². The van der Waals surface area contributed by atoms with Crippen molar-refractivity contribution >= 4 is 41.6 Å². The lowest BCUT2D eigenvalue weighted by molar-refractivity contribution is 0.966. The predicted molar refractivity (Wildman–Crippen MR) is 66.8 cm³/mol. The van der Waals surface area contributed by atoms with E-state index < -0.39 is 0 Å². The molecular weight excluding hydrogens is 295 g/mol. The summed E-state index contributed by atoms with van der Waals surface area (Å²) in [7, 11) is 1.71. The van der Waals surface area contributed by atoms with Crippen molar-refractivity contribution < 1.29 is 0 Å². The quantitative estimate of drug-likeness (QED) is 0.585. The Hall–Kier alpha value is -0.230. The van der Waals surface area contributed by atoms with E-state index >= 15 is 0 Å². The van der Waals surface area contributed by atoms with Gasteiger partial charge in [0.25, 0.3) is 0 Å². The number of nitrogens with zero attached hydrogens (tertiary/aromatic N) is 2. The Balaban J connectivity index is 2.47. The molecule has 4 heteroatoms. The molecule has 1 aliphatic heterocycles. The van der Waals surface area contributed by atoms with Gasteiger partial charge in [-0.25, -0.2) is 0 Å². The van der Waals surface area contributed by atoms with Crippen LogP contribution in [0.15, 0.2) is 24.9 Å². The van der Waals surface area contributed by atoms with E-state index in [4.69, 9.17) is 0 Å². The number of anilines is 1. The molecule has 1 aromatic heterocycles. The lowest BCUT2D eigenvalue weighted by Gasteiger charge is -2.27. The first-order valence-electron chi connectivity index (χ1n) is 4.02. The molecule has 0 amide bonds. The van der Waals surface area contributed by atoms with Crippen molar-refractivity contribution in [2.45, 2.75) is 6.42 Å². The molecule has 0 N–H and O–H groups in total. The monoisotopic (exact) mass is 304 g/mol. The maximum absolute atomic E-state index is 4.34. The van der Waals surface area contributed by atoms with Crippen molar-refractivity contribution in [3.63, 3.8) is 0 Å². The topological polar surface area (TPSA) is 16.1 Å². The van der Waals surface area contributed by atoms with Gasteiger partial charge in [-0.3, -0.25) is 4.98 Å². The van der Waals surface area contributed by atoms with Crippen LogP contribution in [0.25, 0.3) is 5.57 Å². The van der Waals surface area contributed by atoms with Crippen molar-refractivity contribution in [2.75, 3.05) is 10.8 Å². The minimum absolute atomic E-state index is 1.01. The first-order chi connectivity index (χ1) is 6.33. The Labute approximate surface area is 94.1 Å². The Morgan fingerprint density at radius 3 is 3.23 bits per heavy atom. The maximum atomic E-state index is 4.34. The van der Waals surface area contributed by atoms with Crippen LogP contribution in [-0.2, 0) is 0 Å². The molecule has 0 spiro atoms. The summed E-state index contributed by atoms with van der Waals surface area (Å²) in [6.07, 6.45) is 2.84. The van der Waals surface area contributed by atoms with Crippen molar-refractivity contribution in [3.8, 4) is 0 Å². The van der Waals surface area contributed by atoms with Crippen LogP contribution in [0.3, 0.4) is 0 Å². The molecule has 0 saturated carbocycles. The van der Waals surface area contributed by atoms with Gasteiger partial charge in [-0.2, -0.15) is 0 Å². The summed E-state index contributed by atoms with van der Waals surface area (Å²) >= 11 is 2.30. The van der Waals surface area contributed by atoms with Crippen molar-refractivity contribution in [1.82, 2.24) is 4.98 Å². The zero-order valence-corrected chi connectivity index (χ0v) is 10.0. The van der Waals surface area contributed by atoms with Gasteiger partial charge < -0.3 is 4.31 Å². The molecule has 2 rings (SSSR count). The first kappa shape index (κ1) is 9.33. The molecule has 1 aliphatic rings. The number of fused-ring (bicyclic) bond motifs is 1. The van der Waals surface area contributed by atoms with Gasteiger partial charge in [0.15, 0.2) is 0 Å². The highest BCUT2D eigenvalue weighted by Crippen LogP contribution is 2.37. The molecule has 0 atom stereocenters. The van der Waals surface area contributed by atoms with Gasteiger partial charge in [-0.1, -0.05) is 6.58 Å². The fourth-order valence-electron chi connectivity index (χ4n) is 1.42. The second-order valence-corrected chi connectivity index (χ2v) is 4.66. The standard InChI is InChI=1S/C9H9IN2S/c1-7-4-6-12(13-10)8-3-2-5-11-9(7)8/h2-3,5H,1,4,6H2. The van der Waals surface area contributed by atoms with Crippen LogP contribution in [0.2, 0.25) is 0 Å². The summed E-state index contributed by atoms with van der Waals surface area (Å²) in [5, 5.41) is 0. The number of hydrogen-bond acceptors (Lipinski definition) is 3. The molecule has 0 aromatic carbocycles. The number of aromatic nitrogens is 1. The molecule has 0 fully saturated rings. The molecule has 0 unspecified atom stereocenters. The summed E-state index contributed by atoms with van der Waals surface area (Å²) in [6, 6.07) is 4.07. The van der Waals surface area contributed by atoms with E-state index in [1.807, 2.05) is 12.3 Å². The van der Waals surface area contributed by atoms with Crippen LogP contribution < -0.4 is 4.31 Å². The third kappa shape index (κ3) is 1.69. The number of rotatable bonds is 1. The molecule has 2 heterocycles. The number of pyridine rings is 1. The zero-order chi connectivity index (χ0) is 9.26. The van der Waals surface area contributed by atoms with E-state index in [1.54, 1.807) is 9.12 Å². The lowest BCUT2D eigenvalue weighted by atomic mass is 10.1. The van der Waals surface area contributed by atoms with Crippen molar-refractivity contribution in [2.24, 2.45) is 0 Å². The summed E-state index contributed by atoms with van der Waals surface area (Å²) in [5.74, 6) is 0. The smallest absolute Gasteiger partial charge is 0.0898 e. The first-order valence-corrected chi connectivity index (χ1v) is 7.34. The van der Waals surface area contributed by atoms with E-state index in [0.29, 0.717) is 0 Å². The highest BCUT2D eigenvalue weighted by molar-refractivity contribution is 14.2. The Morgan fingerprint density at radius 1 is 1.62 bits per heavy atom. The molecule has 1 aromatic rings. The van der Waals surface area contributed by atoms with E-state index in [2.05, 4.69) is 43.1 Å². The average molecular weight is 304 g/mol. The summed E-state index contributed by atoms with van der Waals surface area (Å²) < 4.78 is 2.25. The molecule has 0 saturated heterocycles. The SMILES string of the molecule is C=C1CCN(SI)c2cccnc21. The Bertz CT molecular complexity index is 340. The van der Waals surface area contributed by atoms with Crippen LogP contribution in [0.5, 0.6) is 0 Å². The van der Waals surface area contributed by atoms with Gasteiger partial charge in [0.2, 0.25) is 0 Å². The zero-order valence-electron chi connectivity index (χ0n) is 7.03. The molecule has 68 valence electrons. The number of halogens is 1. The molecule has 0 bridgehead atoms. The van der Waals surface area contributed by atoms with Crippen LogP contribution in [0.1, 0.15) is 12.1 Å². The minimum Gasteiger partial charge on any atom is -0.305 e. The average Bonchev–Trinajstić information content (AvgIpc) is 2.19. The minimum atomic E-state index is 1.01. The molecule has 13 heavy (non-hydrogen) atoms. The van der Waals surface area contributed by atoms with E-state index in [9.17, 15) is 0 Å². The lowest BCUT2D eigenvalue weighted by Crippen LogP contribution is -2.20. The largest absolute Gasteiger partial charge is 0.305 e. The highest BCUT2D eigenvalue weighted by Gasteiger charge is 2.19. The number of hydrogen-bond donors (Lipinski definition) is 0. The molecular formula is C9H9IN2S. The summed E-state index contributed by atoms with van der Waals surface area (Å²) in [5.41, 5.74) is 3.40. The van der Waals surface area contributed by atoms with E-state index in [-0.39, 0.29) is 0 Å². The van der Waals surface area contributed by atoms with Gasteiger partial charge in [0, 0.05) is 43.1 Å². The van der Waals surface area contributed by atoms with Crippen LogP contribution in [0, 0.1) is 0 Å². The van der Waals surface area contributed by atoms with Gasteiger partial charge >= 0.3 is 0 Å². The van der Waals surface area contributed by atoms with Crippen molar-refractivity contribution in [3.05, 3.63) is 30.6 Å². The highest BCUT2D eigenvalue weighted by atomic mass is 127. The summed E-state index contributed by atoms with van der Waals surface area (Å²) in [6.45, 7) is 5.06. The predicted octanol–water partition coefficient (Wildman–Crippen LogP) is 3.30. The van der Waals surface area contributed by atoms with Crippen LogP contribution in [0.4, 0.5) is 5.69 Å². The van der Waals surface area contributed by atoms with Crippen molar-refractivity contribution in [1.29, 1.82) is 0 Å². The maximum Gasteiger partial charge on any atom is 0.0898 e. The molecule has 0 radical (unpaired) electrons. The fourth-order valence-corrected chi connectivity index (χ4v) is 3.03. The third-order valence-electron chi connectivity index (χ3n) is 2.09. The molecule has 2 nitrogen and oxygen atoms in total. The third-order valence-corrected chi connectivity index (χ3v) is 4.06. The molecule has 0 aliphatic carbocycles. The van der Waals surface area contributed by atoms with E-state index in [0.717, 1.165) is 24.2 Å². The Kier molecular flexibility index (Phi) is 2.78. The second-order valence-electron chi connectivity index (χ2n) is 2.90. The summed E-state index contributed by atoms with van der Waals surface area (Å²) in [4.78, 5) is 4.34. The van der Waals surface area contributed by atoms with Crippen LogP contribution >= 0.6 is 30.3 Å². The fraction of sp³-hybridized carbons (Fsp3) is 0.222. The normalized spacial score (nSPS) is 15.8. The van der Waals surface area contributed by atoms with Crippen LogP contribution in [-0.4, -0.2) is 11.5 Å².